The van der Waals surface area contributed by atoms with Gasteiger partial charge < -0.3 is 14.4 Å². The molecular formula is C20H21NO4. The molecule has 0 aromatic heterocycles. The molecular weight excluding hydrogens is 318 g/mol. The second-order valence-corrected chi connectivity index (χ2v) is 6.14. The predicted octanol–water partition coefficient (Wildman–Crippen LogP) is 3.49. The van der Waals surface area contributed by atoms with Gasteiger partial charge in [0, 0.05) is 18.7 Å². The highest BCUT2D eigenvalue weighted by Crippen LogP contribution is 2.24. The van der Waals surface area contributed by atoms with Gasteiger partial charge in [0.05, 0.1) is 0 Å². The minimum absolute atomic E-state index is 0.130. The quantitative estimate of drug-likeness (QED) is 0.618. The van der Waals surface area contributed by atoms with Crippen LogP contribution >= 0.6 is 0 Å². The van der Waals surface area contributed by atoms with E-state index in [2.05, 4.69) is 0 Å². The Balaban J connectivity index is 1.58. The molecule has 2 aromatic carbocycles. The number of rotatable bonds is 5. The van der Waals surface area contributed by atoms with Crippen LogP contribution in [-0.2, 0) is 9.59 Å². The van der Waals surface area contributed by atoms with Crippen molar-refractivity contribution in [1.82, 2.24) is 0 Å². The van der Waals surface area contributed by atoms with Crippen LogP contribution in [0.4, 0.5) is 5.69 Å². The molecule has 25 heavy (non-hydrogen) atoms. The van der Waals surface area contributed by atoms with Crippen molar-refractivity contribution >= 4 is 17.6 Å². The van der Waals surface area contributed by atoms with Crippen LogP contribution < -0.4 is 14.4 Å². The largest absolute Gasteiger partial charge is 0.479 e. The number of amides is 1. The van der Waals surface area contributed by atoms with E-state index in [9.17, 15) is 9.59 Å². The van der Waals surface area contributed by atoms with Crippen LogP contribution in [0.3, 0.4) is 0 Å². The number of carbonyl (C=O) groups excluding carboxylic acids is 2. The number of ether oxygens (including phenoxy) is 2. The number of carbonyl (C=O) groups is 2. The lowest BCUT2D eigenvalue weighted by Crippen LogP contribution is -2.28. The number of anilines is 1. The molecule has 1 heterocycles. The summed E-state index contributed by atoms with van der Waals surface area (Å²) in [5.41, 5.74) is 1.95. The summed E-state index contributed by atoms with van der Waals surface area (Å²) >= 11 is 0. The fourth-order valence-corrected chi connectivity index (χ4v) is 2.68. The van der Waals surface area contributed by atoms with Gasteiger partial charge in [-0.05, 0) is 56.7 Å². The molecule has 5 nitrogen and oxygen atoms in total. The minimum Gasteiger partial charge on any atom is -0.479 e. The Bertz CT molecular complexity index is 752. The molecule has 5 heteroatoms. The third-order valence-corrected chi connectivity index (χ3v) is 4.11. The second kappa shape index (κ2) is 7.38. The van der Waals surface area contributed by atoms with Gasteiger partial charge in [-0.1, -0.05) is 17.7 Å². The van der Waals surface area contributed by atoms with E-state index in [4.69, 9.17) is 9.47 Å². The van der Waals surface area contributed by atoms with Crippen LogP contribution in [0.5, 0.6) is 11.5 Å². The molecule has 0 spiro atoms. The summed E-state index contributed by atoms with van der Waals surface area (Å²) < 4.78 is 10.9. The maximum absolute atomic E-state index is 12.2. The third-order valence-electron chi connectivity index (χ3n) is 4.11. The average Bonchev–Trinajstić information content (AvgIpc) is 3.03. The Morgan fingerprint density at radius 1 is 1.04 bits per heavy atom. The van der Waals surface area contributed by atoms with Crippen molar-refractivity contribution in [1.29, 1.82) is 0 Å². The summed E-state index contributed by atoms with van der Waals surface area (Å²) in [5.74, 6) is 0.716. The van der Waals surface area contributed by atoms with Gasteiger partial charge in [0.15, 0.2) is 6.10 Å². The summed E-state index contributed by atoms with van der Waals surface area (Å²) in [6.45, 7) is 4.37. The zero-order valence-corrected chi connectivity index (χ0v) is 14.4. The molecule has 1 unspecified atom stereocenters. The number of aryl methyl sites for hydroxylation is 1. The number of hydrogen-bond acceptors (Lipinski definition) is 4. The summed E-state index contributed by atoms with van der Waals surface area (Å²) in [5, 5.41) is 0. The van der Waals surface area contributed by atoms with Gasteiger partial charge in [-0.25, -0.2) is 4.79 Å². The predicted molar refractivity (Wildman–Crippen MR) is 94.9 cm³/mol. The molecule has 1 fully saturated rings. The fourth-order valence-electron chi connectivity index (χ4n) is 2.68. The molecule has 130 valence electrons. The molecule has 1 aliphatic rings. The Morgan fingerprint density at radius 2 is 1.68 bits per heavy atom. The lowest BCUT2D eigenvalue weighted by Gasteiger charge is -2.17. The number of benzene rings is 2. The molecule has 3 rings (SSSR count). The van der Waals surface area contributed by atoms with E-state index < -0.39 is 12.1 Å². The van der Waals surface area contributed by atoms with Crippen LogP contribution in [0.25, 0.3) is 0 Å². The topological polar surface area (TPSA) is 55.8 Å². The van der Waals surface area contributed by atoms with E-state index in [1.807, 2.05) is 31.2 Å². The molecule has 0 N–H and O–H groups in total. The van der Waals surface area contributed by atoms with Crippen LogP contribution in [0, 0.1) is 6.92 Å². The van der Waals surface area contributed by atoms with Crippen molar-refractivity contribution < 1.29 is 19.1 Å². The fraction of sp³-hybridized carbons (Fsp3) is 0.300. The first-order valence-corrected chi connectivity index (χ1v) is 8.38. The van der Waals surface area contributed by atoms with E-state index >= 15 is 0 Å². The highest BCUT2D eigenvalue weighted by Gasteiger charge is 2.22. The van der Waals surface area contributed by atoms with E-state index in [-0.39, 0.29) is 5.91 Å². The smallest absolute Gasteiger partial charge is 0.352 e. The van der Waals surface area contributed by atoms with E-state index in [0.29, 0.717) is 17.9 Å². The first-order chi connectivity index (χ1) is 12.0. The van der Waals surface area contributed by atoms with Crippen molar-refractivity contribution in [2.75, 3.05) is 11.4 Å². The number of esters is 1. The maximum atomic E-state index is 12.2. The minimum atomic E-state index is -0.720. The Morgan fingerprint density at radius 3 is 2.28 bits per heavy atom. The summed E-state index contributed by atoms with van der Waals surface area (Å²) in [7, 11) is 0. The molecule has 0 radical (unpaired) electrons. The normalized spacial score (nSPS) is 15.1. The molecule has 0 saturated carbocycles. The van der Waals surface area contributed by atoms with Gasteiger partial charge in [-0.2, -0.15) is 0 Å². The third kappa shape index (κ3) is 4.18. The molecule has 1 atom stereocenters. The molecule has 2 aromatic rings. The highest BCUT2D eigenvalue weighted by molar-refractivity contribution is 5.95. The van der Waals surface area contributed by atoms with Crippen molar-refractivity contribution in [3.05, 3.63) is 54.1 Å². The van der Waals surface area contributed by atoms with E-state index in [0.717, 1.165) is 24.2 Å². The first kappa shape index (κ1) is 17.0. The second-order valence-electron chi connectivity index (χ2n) is 6.14. The van der Waals surface area contributed by atoms with E-state index in [1.165, 1.54) is 0 Å². The average molecular weight is 339 g/mol. The Labute approximate surface area is 147 Å². The SMILES string of the molecule is Cc1ccc(OC(C)C(=O)Oc2ccc(N3CCCC3=O)cc2)cc1. The molecule has 1 amide bonds. The summed E-state index contributed by atoms with van der Waals surface area (Å²) in [4.78, 5) is 25.7. The standard InChI is InChI=1S/C20H21NO4/c1-14-5-9-17(10-6-14)24-15(2)20(23)25-18-11-7-16(8-12-18)21-13-3-4-19(21)22/h5-12,15H,3-4,13H2,1-2H3. The van der Waals surface area contributed by atoms with Crippen LogP contribution in [-0.4, -0.2) is 24.5 Å². The van der Waals surface area contributed by atoms with E-state index in [1.54, 1.807) is 36.1 Å². The lowest BCUT2D eigenvalue weighted by atomic mass is 10.2. The zero-order chi connectivity index (χ0) is 17.8. The van der Waals surface area contributed by atoms with Gasteiger partial charge >= 0.3 is 5.97 Å². The summed E-state index contributed by atoms with van der Waals surface area (Å²) in [6.07, 6.45) is 0.746. The van der Waals surface area contributed by atoms with Gasteiger partial charge in [0.25, 0.3) is 0 Å². The Hall–Kier alpha value is -2.82. The van der Waals surface area contributed by atoms with Crippen molar-refractivity contribution in [3.8, 4) is 11.5 Å². The maximum Gasteiger partial charge on any atom is 0.352 e. The van der Waals surface area contributed by atoms with Gasteiger partial charge in [-0.3, -0.25) is 4.79 Å². The molecule has 1 saturated heterocycles. The highest BCUT2D eigenvalue weighted by atomic mass is 16.6. The zero-order valence-electron chi connectivity index (χ0n) is 14.4. The van der Waals surface area contributed by atoms with Crippen molar-refractivity contribution in [2.45, 2.75) is 32.8 Å². The van der Waals surface area contributed by atoms with Crippen LogP contribution in [0.2, 0.25) is 0 Å². The van der Waals surface area contributed by atoms with Gasteiger partial charge in [0.2, 0.25) is 5.91 Å². The van der Waals surface area contributed by atoms with Gasteiger partial charge in [0.1, 0.15) is 11.5 Å². The molecule has 0 aliphatic carbocycles. The summed E-state index contributed by atoms with van der Waals surface area (Å²) in [6, 6.07) is 14.4. The van der Waals surface area contributed by atoms with Crippen molar-refractivity contribution in [2.24, 2.45) is 0 Å². The lowest BCUT2D eigenvalue weighted by molar-refractivity contribution is -0.141. The van der Waals surface area contributed by atoms with Crippen LogP contribution in [0.1, 0.15) is 25.3 Å². The van der Waals surface area contributed by atoms with Crippen molar-refractivity contribution in [3.63, 3.8) is 0 Å². The molecule has 0 bridgehead atoms. The first-order valence-electron chi connectivity index (χ1n) is 8.38. The number of hydrogen-bond donors (Lipinski definition) is 0. The molecule has 1 aliphatic heterocycles. The monoisotopic (exact) mass is 339 g/mol. The Kier molecular flexibility index (Phi) is 5.03. The number of nitrogens with zero attached hydrogens (tertiary/aromatic N) is 1. The van der Waals surface area contributed by atoms with Crippen LogP contribution in [0.15, 0.2) is 48.5 Å². The van der Waals surface area contributed by atoms with Gasteiger partial charge in [-0.15, -0.1) is 0 Å².